The molecule has 0 aliphatic heterocycles. The number of hydrogen-bond acceptors (Lipinski definition) is 4. The van der Waals surface area contributed by atoms with E-state index in [1.165, 1.54) is 12.1 Å². The molecule has 134 valence electrons. The minimum atomic E-state index is -0.450. The zero-order chi connectivity index (χ0) is 18.2. The summed E-state index contributed by atoms with van der Waals surface area (Å²) >= 11 is 0. The van der Waals surface area contributed by atoms with E-state index in [-0.39, 0.29) is 11.6 Å². The van der Waals surface area contributed by atoms with Crippen LogP contribution in [0.1, 0.15) is 6.92 Å². The molecular formula is C19H23FN2O3. The largest absolute Gasteiger partial charge is 0.497 e. The Morgan fingerprint density at radius 2 is 1.80 bits per heavy atom. The van der Waals surface area contributed by atoms with Crippen LogP contribution in [0.5, 0.6) is 11.5 Å². The molecule has 0 saturated carbocycles. The van der Waals surface area contributed by atoms with Crippen molar-refractivity contribution in [1.29, 1.82) is 0 Å². The van der Waals surface area contributed by atoms with Crippen molar-refractivity contribution in [2.45, 2.75) is 13.0 Å². The van der Waals surface area contributed by atoms with Crippen LogP contribution in [0.4, 0.5) is 10.1 Å². The maximum atomic E-state index is 13.6. The standard InChI is InChI=1S/C19H23FN2O3/c1-14(19(23)21-18-7-5-4-6-17(18)20)22(2)12-13-25-16-10-8-15(24-3)9-11-16/h4-11,14H,12-13H2,1-3H3,(H,21,23)/t14-/m0/s1. The Hall–Kier alpha value is -2.60. The first-order valence-electron chi connectivity index (χ1n) is 8.03. The van der Waals surface area contributed by atoms with Gasteiger partial charge < -0.3 is 14.8 Å². The summed E-state index contributed by atoms with van der Waals surface area (Å²) in [6, 6.07) is 13.0. The number of ether oxygens (including phenoxy) is 2. The number of benzene rings is 2. The molecule has 1 amide bonds. The Balaban J connectivity index is 1.79. The second-order valence-electron chi connectivity index (χ2n) is 5.65. The monoisotopic (exact) mass is 346 g/mol. The van der Waals surface area contributed by atoms with E-state index in [0.717, 1.165) is 11.5 Å². The summed E-state index contributed by atoms with van der Waals surface area (Å²) in [7, 11) is 3.43. The van der Waals surface area contributed by atoms with E-state index in [0.29, 0.717) is 13.2 Å². The van der Waals surface area contributed by atoms with Gasteiger partial charge in [-0.1, -0.05) is 12.1 Å². The van der Waals surface area contributed by atoms with Crippen molar-refractivity contribution in [3.05, 3.63) is 54.3 Å². The van der Waals surface area contributed by atoms with Gasteiger partial charge in [-0.15, -0.1) is 0 Å². The van der Waals surface area contributed by atoms with E-state index >= 15 is 0 Å². The van der Waals surface area contributed by atoms with E-state index in [4.69, 9.17) is 9.47 Å². The van der Waals surface area contributed by atoms with E-state index in [9.17, 15) is 9.18 Å². The molecule has 0 aliphatic carbocycles. The van der Waals surface area contributed by atoms with Gasteiger partial charge in [0, 0.05) is 6.54 Å². The van der Waals surface area contributed by atoms with Crippen molar-refractivity contribution in [2.75, 3.05) is 32.6 Å². The molecule has 1 atom stereocenters. The van der Waals surface area contributed by atoms with Crippen LogP contribution in [0.3, 0.4) is 0 Å². The summed E-state index contributed by atoms with van der Waals surface area (Å²) < 4.78 is 24.3. The highest BCUT2D eigenvalue weighted by molar-refractivity contribution is 5.94. The third-order valence-corrected chi connectivity index (χ3v) is 3.94. The fraction of sp³-hybridized carbons (Fsp3) is 0.316. The molecule has 0 fully saturated rings. The first kappa shape index (κ1) is 18.7. The van der Waals surface area contributed by atoms with Crippen LogP contribution in [-0.2, 0) is 4.79 Å². The fourth-order valence-corrected chi connectivity index (χ4v) is 2.17. The first-order chi connectivity index (χ1) is 12.0. The number of nitrogens with zero attached hydrogens (tertiary/aromatic N) is 1. The number of carbonyl (C=O) groups is 1. The predicted molar refractivity (Wildman–Crippen MR) is 95.6 cm³/mol. The molecule has 0 unspecified atom stereocenters. The molecule has 0 saturated heterocycles. The molecule has 0 radical (unpaired) electrons. The van der Waals surface area contributed by atoms with Crippen molar-refractivity contribution in [3.63, 3.8) is 0 Å². The van der Waals surface area contributed by atoms with Crippen LogP contribution in [0, 0.1) is 5.82 Å². The van der Waals surface area contributed by atoms with Crippen LogP contribution in [0.25, 0.3) is 0 Å². The maximum Gasteiger partial charge on any atom is 0.241 e. The van der Waals surface area contributed by atoms with E-state index < -0.39 is 11.9 Å². The molecule has 0 heterocycles. The number of carbonyl (C=O) groups excluding carboxylic acids is 1. The number of methoxy groups -OCH3 is 1. The molecule has 0 spiro atoms. The minimum Gasteiger partial charge on any atom is -0.497 e. The first-order valence-corrected chi connectivity index (χ1v) is 8.03. The quantitative estimate of drug-likeness (QED) is 0.798. The van der Waals surface area contributed by atoms with Crippen LogP contribution in [0.15, 0.2) is 48.5 Å². The summed E-state index contributed by atoms with van der Waals surface area (Å²) in [5.74, 6) is 0.783. The Morgan fingerprint density at radius 1 is 1.16 bits per heavy atom. The summed E-state index contributed by atoms with van der Waals surface area (Å²) in [5, 5.41) is 2.60. The van der Waals surface area contributed by atoms with Crippen molar-refractivity contribution in [3.8, 4) is 11.5 Å². The Morgan fingerprint density at radius 3 is 2.44 bits per heavy atom. The lowest BCUT2D eigenvalue weighted by atomic mass is 10.2. The normalized spacial score (nSPS) is 11.9. The average molecular weight is 346 g/mol. The summed E-state index contributed by atoms with van der Waals surface area (Å²) in [6.07, 6.45) is 0. The highest BCUT2D eigenvalue weighted by Crippen LogP contribution is 2.17. The lowest BCUT2D eigenvalue weighted by Crippen LogP contribution is -2.41. The topological polar surface area (TPSA) is 50.8 Å². The lowest BCUT2D eigenvalue weighted by Gasteiger charge is -2.24. The van der Waals surface area contributed by atoms with E-state index in [1.54, 1.807) is 26.2 Å². The molecule has 0 aliphatic rings. The lowest BCUT2D eigenvalue weighted by molar-refractivity contribution is -0.120. The number of likely N-dealkylation sites (N-methyl/N-ethyl adjacent to an activating group) is 1. The summed E-state index contributed by atoms with van der Waals surface area (Å²) in [6.45, 7) is 2.75. The second kappa shape index (κ2) is 9.03. The van der Waals surface area contributed by atoms with Crippen LogP contribution >= 0.6 is 0 Å². The number of rotatable bonds is 8. The molecule has 6 heteroatoms. The van der Waals surface area contributed by atoms with Crippen molar-refractivity contribution >= 4 is 11.6 Å². The van der Waals surface area contributed by atoms with E-state index in [2.05, 4.69) is 5.32 Å². The van der Waals surface area contributed by atoms with Crippen LogP contribution < -0.4 is 14.8 Å². The Kier molecular flexibility index (Phi) is 6.77. The molecule has 25 heavy (non-hydrogen) atoms. The van der Waals surface area contributed by atoms with Gasteiger partial charge in [0.05, 0.1) is 18.8 Å². The molecular weight excluding hydrogens is 323 g/mol. The molecule has 2 aromatic carbocycles. The van der Waals surface area contributed by atoms with Crippen LogP contribution in [-0.4, -0.2) is 44.2 Å². The van der Waals surface area contributed by atoms with E-state index in [1.807, 2.05) is 36.2 Å². The van der Waals surface area contributed by atoms with Gasteiger partial charge in [0.15, 0.2) is 0 Å². The number of nitrogens with one attached hydrogen (secondary N) is 1. The van der Waals surface area contributed by atoms with Crippen molar-refractivity contribution in [1.82, 2.24) is 4.90 Å². The number of halogens is 1. The molecule has 1 N–H and O–H groups in total. The maximum absolute atomic E-state index is 13.6. The van der Waals surface area contributed by atoms with Gasteiger partial charge in [0.2, 0.25) is 5.91 Å². The predicted octanol–water partition coefficient (Wildman–Crippen LogP) is 3.17. The Bertz CT molecular complexity index is 691. The average Bonchev–Trinajstić information content (AvgIpc) is 2.63. The number of anilines is 1. The third kappa shape index (κ3) is 5.46. The molecule has 5 nitrogen and oxygen atoms in total. The third-order valence-electron chi connectivity index (χ3n) is 3.94. The highest BCUT2D eigenvalue weighted by atomic mass is 19.1. The number of hydrogen-bond donors (Lipinski definition) is 1. The number of amides is 1. The van der Waals surface area contributed by atoms with Gasteiger partial charge in [-0.05, 0) is 50.4 Å². The molecule has 2 rings (SSSR count). The van der Waals surface area contributed by atoms with Crippen molar-refractivity contribution < 1.29 is 18.7 Å². The molecule has 2 aromatic rings. The highest BCUT2D eigenvalue weighted by Gasteiger charge is 2.19. The summed E-state index contributed by atoms with van der Waals surface area (Å²) in [4.78, 5) is 14.1. The van der Waals surface area contributed by atoms with Crippen molar-refractivity contribution in [2.24, 2.45) is 0 Å². The second-order valence-corrected chi connectivity index (χ2v) is 5.65. The van der Waals surface area contributed by atoms with Gasteiger partial charge in [-0.3, -0.25) is 9.69 Å². The van der Waals surface area contributed by atoms with Gasteiger partial charge in [0.1, 0.15) is 23.9 Å². The minimum absolute atomic E-state index is 0.183. The summed E-state index contributed by atoms with van der Waals surface area (Å²) in [5.41, 5.74) is 0.183. The van der Waals surface area contributed by atoms with Gasteiger partial charge >= 0.3 is 0 Å². The fourth-order valence-electron chi connectivity index (χ4n) is 2.17. The zero-order valence-corrected chi connectivity index (χ0v) is 14.7. The van der Waals surface area contributed by atoms with Gasteiger partial charge in [-0.25, -0.2) is 4.39 Å². The van der Waals surface area contributed by atoms with Gasteiger partial charge in [-0.2, -0.15) is 0 Å². The number of para-hydroxylation sites is 1. The smallest absolute Gasteiger partial charge is 0.241 e. The van der Waals surface area contributed by atoms with Gasteiger partial charge in [0.25, 0.3) is 0 Å². The Labute approximate surface area is 147 Å². The molecule has 0 aromatic heterocycles. The van der Waals surface area contributed by atoms with Crippen LogP contribution in [0.2, 0.25) is 0 Å². The zero-order valence-electron chi connectivity index (χ0n) is 14.7. The SMILES string of the molecule is COc1ccc(OCCN(C)[C@@H](C)C(=O)Nc2ccccc2F)cc1. The molecule has 0 bridgehead atoms.